The van der Waals surface area contributed by atoms with E-state index < -0.39 is 0 Å². The van der Waals surface area contributed by atoms with Crippen LogP contribution in [-0.4, -0.2) is 87.7 Å². The van der Waals surface area contributed by atoms with Gasteiger partial charge in [0.2, 0.25) is 5.91 Å². The van der Waals surface area contributed by atoms with Gasteiger partial charge in [-0.05, 0) is 19.8 Å². The largest absolute Gasteiger partial charge is 0.383 e. The zero-order valence-corrected chi connectivity index (χ0v) is 15.2. The summed E-state index contributed by atoms with van der Waals surface area (Å²) >= 11 is 0. The van der Waals surface area contributed by atoms with Crippen LogP contribution in [0, 0.1) is 5.92 Å². The number of hydrogen-bond acceptors (Lipinski definition) is 4. The average Bonchev–Trinajstić information content (AvgIpc) is 2.54. The van der Waals surface area contributed by atoms with Gasteiger partial charge in [-0.1, -0.05) is 6.42 Å². The molecule has 2 fully saturated rings. The SMILES string of the molecule is CCNC(=NCCN1CCN(C(=O)C2CCC2)CC1)NCCOC. The molecule has 0 unspecified atom stereocenters. The summed E-state index contributed by atoms with van der Waals surface area (Å²) < 4.78 is 5.04. The van der Waals surface area contributed by atoms with Gasteiger partial charge in [-0.2, -0.15) is 0 Å². The van der Waals surface area contributed by atoms with Crippen LogP contribution in [0.1, 0.15) is 26.2 Å². The maximum atomic E-state index is 12.2. The highest BCUT2D eigenvalue weighted by molar-refractivity contribution is 5.80. The molecule has 0 aromatic carbocycles. The molecule has 0 spiro atoms. The molecule has 2 rings (SSSR count). The first kappa shape index (κ1) is 19.0. The number of aliphatic imine (C=N–C) groups is 1. The van der Waals surface area contributed by atoms with E-state index in [1.54, 1.807) is 7.11 Å². The number of guanidine groups is 1. The molecule has 0 atom stereocenters. The van der Waals surface area contributed by atoms with Gasteiger partial charge in [0.05, 0.1) is 13.2 Å². The molecular formula is C17H33N5O2. The first-order chi connectivity index (χ1) is 11.7. The molecular weight excluding hydrogens is 306 g/mol. The molecule has 138 valence electrons. The van der Waals surface area contributed by atoms with Crippen molar-refractivity contribution in [2.24, 2.45) is 10.9 Å². The van der Waals surface area contributed by atoms with E-state index in [4.69, 9.17) is 4.74 Å². The second-order valence-corrected chi connectivity index (χ2v) is 6.47. The van der Waals surface area contributed by atoms with Gasteiger partial charge in [0.15, 0.2) is 5.96 Å². The van der Waals surface area contributed by atoms with Gasteiger partial charge in [-0.25, -0.2) is 0 Å². The topological polar surface area (TPSA) is 69.2 Å². The number of nitrogens with one attached hydrogen (secondary N) is 2. The summed E-state index contributed by atoms with van der Waals surface area (Å²) in [6, 6.07) is 0. The van der Waals surface area contributed by atoms with E-state index in [9.17, 15) is 4.79 Å². The van der Waals surface area contributed by atoms with Crippen molar-refractivity contribution in [2.75, 3.05) is 66.1 Å². The Morgan fingerprint density at radius 1 is 1.21 bits per heavy atom. The molecule has 7 heteroatoms. The quantitative estimate of drug-likeness (QED) is 0.374. The summed E-state index contributed by atoms with van der Waals surface area (Å²) in [5, 5.41) is 6.49. The Hall–Kier alpha value is -1.34. The van der Waals surface area contributed by atoms with Gasteiger partial charge in [0.25, 0.3) is 0 Å². The molecule has 1 aliphatic heterocycles. The average molecular weight is 339 g/mol. The maximum absolute atomic E-state index is 12.2. The minimum atomic E-state index is 0.321. The monoisotopic (exact) mass is 339 g/mol. The molecule has 7 nitrogen and oxygen atoms in total. The van der Waals surface area contributed by atoms with E-state index in [1.807, 2.05) is 0 Å². The molecule has 2 N–H and O–H groups in total. The fourth-order valence-electron chi connectivity index (χ4n) is 3.02. The summed E-state index contributed by atoms with van der Waals surface area (Å²) in [7, 11) is 1.70. The fraction of sp³-hybridized carbons (Fsp3) is 0.882. The number of ether oxygens (including phenoxy) is 1. The molecule has 0 aromatic rings. The Morgan fingerprint density at radius 3 is 2.54 bits per heavy atom. The van der Waals surface area contributed by atoms with Gasteiger partial charge >= 0.3 is 0 Å². The number of methoxy groups -OCH3 is 1. The summed E-state index contributed by atoms with van der Waals surface area (Å²) in [6.07, 6.45) is 3.41. The van der Waals surface area contributed by atoms with Gasteiger partial charge in [0, 0.05) is 58.8 Å². The molecule has 0 bridgehead atoms. The summed E-state index contributed by atoms with van der Waals surface area (Å²) in [4.78, 5) is 21.3. The molecule has 24 heavy (non-hydrogen) atoms. The van der Waals surface area contributed by atoms with Gasteiger partial charge < -0.3 is 20.3 Å². The van der Waals surface area contributed by atoms with Crippen molar-refractivity contribution in [1.29, 1.82) is 0 Å². The van der Waals surface area contributed by atoms with Crippen molar-refractivity contribution in [2.45, 2.75) is 26.2 Å². The first-order valence-electron chi connectivity index (χ1n) is 9.27. The lowest BCUT2D eigenvalue weighted by Crippen LogP contribution is -2.51. The van der Waals surface area contributed by atoms with Crippen molar-refractivity contribution in [3.05, 3.63) is 0 Å². The summed E-state index contributed by atoms with van der Waals surface area (Å²) in [6.45, 7) is 9.68. The third-order valence-corrected chi connectivity index (χ3v) is 4.77. The number of amides is 1. The van der Waals surface area contributed by atoms with Crippen LogP contribution in [0.5, 0.6) is 0 Å². The number of carbonyl (C=O) groups excluding carboxylic acids is 1. The van der Waals surface area contributed by atoms with Crippen molar-refractivity contribution in [3.63, 3.8) is 0 Å². The fourth-order valence-corrected chi connectivity index (χ4v) is 3.02. The Morgan fingerprint density at radius 2 is 1.96 bits per heavy atom. The van der Waals surface area contributed by atoms with E-state index in [2.05, 4.69) is 32.3 Å². The Bertz CT molecular complexity index is 404. The van der Waals surface area contributed by atoms with Crippen LogP contribution in [0.2, 0.25) is 0 Å². The predicted octanol–water partition coefficient (Wildman–Crippen LogP) is 0.132. The lowest BCUT2D eigenvalue weighted by atomic mass is 9.84. The third-order valence-electron chi connectivity index (χ3n) is 4.77. The molecule has 1 heterocycles. The van der Waals surface area contributed by atoms with E-state index in [0.717, 1.165) is 71.2 Å². The first-order valence-corrected chi connectivity index (χ1v) is 9.27. The molecule has 0 radical (unpaired) electrons. The van der Waals surface area contributed by atoms with E-state index >= 15 is 0 Å². The number of piperazine rings is 1. The lowest BCUT2D eigenvalue weighted by Gasteiger charge is -2.38. The number of hydrogen-bond donors (Lipinski definition) is 2. The molecule has 0 aromatic heterocycles. The van der Waals surface area contributed by atoms with Crippen LogP contribution >= 0.6 is 0 Å². The van der Waals surface area contributed by atoms with Crippen LogP contribution in [0.15, 0.2) is 4.99 Å². The molecule has 1 saturated carbocycles. The molecule has 1 aliphatic carbocycles. The highest BCUT2D eigenvalue weighted by Gasteiger charge is 2.30. The third kappa shape index (κ3) is 5.94. The molecule has 2 aliphatic rings. The van der Waals surface area contributed by atoms with E-state index in [0.29, 0.717) is 18.4 Å². The van der Waals surface area contributed by atoms with Crippen molar-refractivity contribution < 1.29 is 9.53 Å². The zero-order chi connectivity index (χ0) is 17.2. The number of nitrogens with zero attached hydrogens (tertiary/aromatic N) is 3. The highest BCUT2D eigenvalue weighted by atomic mass is 16.5. The Kier molecular flexibility index (Phi) is 8.32. The van der Waals surface area contributed by atoms with Crippen LogP contribution in [0.4, 0.5) is 0 Å². The second-order valence-electron chi connectivity index (χ2n) is 6.47. The van der Waals surface area contributed by atoms with E-state index in [1.165, 1.54) is 6.42 Å². The Balaban J connectivity index is 1.65. The second kappa shape index (κ2) is 10.5. The summed E-state index contributed by atoms with van der Waals surface area (Å²) in [5.74, 6) is 1.55. The number of carbonyl (C=O) groups is 1. The zero-order valence-electron chi connectivity index (χ0n) is 15.2. The van der Waals surface area contributed by atoms with Crippen molar-refractivity contribution in [1.82, 2.24) is 20.4 Å². The van der Waals surface area contributed by atoms with Crippen LogP contribution in [0.3, 0.4) is 0 Å². The Labute approximate surface area is 145 Å². The smallest absolute Gasteiger partial charge is 0.225 e. The minimum Gasteiger partial charge on any atom is -0.383 e. The van der Waals surface area contributed by atoms with Crippen LogP contribution in [0.25, 0.3) is 0 Å². The highest BCUT2D eigenvalue weighted by Crippen LogP contribution is 2.28. The summed E-state index contributed by atoms with van der Waals surface area (Å²) in [5.41, 5.74) is 0. The molecule has 1 amide bonds. The van der Waals surface area contributed by atoms with Crippen LogP contribution in [-0.2, 0) is 9.53 Å². The standard InChI is InChI=1S/C17H33N5O2/c1-3-18-17(20-8-14-24-2)19-7-9-21-10-12-22(13-11-21)16(23)15-5-4-6-15/h15H,3-14H2,1-2H3,(H2,18,19,20). The predicted molar refractivity (Wildman–Crippen MR) is 96.2 cm³/mol. The minimum absolute atomic E-state index is 0.321. The number of rotatable bonds is 8. The maximum Gasteiger partial charge on any atom is 0.225 e. The van der Waals surface area contributed by atoms with Gasteiger partial charge in [-0.15, -0.1) is 0 Å². The van der Waals surface area contributed by atoms with Crippen LogP contribution < -0.4 is 10.6 Å². The van der Waals surface area contributed by atoms with Crippen molar-refractivity contribution in [3.8, 4) is 0 Å². The van der Waals surface area contributed by atoms with Gasteiger partial charge in [-0.3, -0.25) is 14.7 Å². The van der Waals surface area contributed by atoms with Crippen molar-refractivity contribution >= 4 is 11.9 Å². The molecule has 1 saturated heterocycles. The van der Waals surface area contributed by atoms with E-state index in [-0.39, 0.29) is 0 Å². The lowest BCUT2D eigenvalue weighted by molar-refractivity contribution is -0.139. The normalized spacial score (nSPS) is 19.9. The van der Waals surface area contributed by atoms with Gasteiger partial charge in [0.1, 0.15) is 0 Å².